The minimum Gasteiger partial charge on any atom is -0.396 e. The highest BCUT2D eigenvalue weighted by molar-refractivity contribution is 5.85. The van der Waals surface area contributed by atoms with Gasteiger partial charge in [-0.25, -0.2) is 0 Å². The molecule has 4 heteroatoms. The Balaban J connectivity index is 0.00000220. The Hall–Kier alpha value is -1.03. The number of hydrogen-bond acceptors (Lipinski definition) is 2. The average Bonchev–Trinajstić information content (AvgIpc) is 2.82. The minimum absolute atomic E-state index is 0. The predicted octanol–water partition coefficient (Wildman–Crippen LogP) is 3.90. The third-order valence-corrected chi connectivity index (χ3v) is 3.71. The van der Waals surface area contributed by atoms with Crippen LogP contribution in [0.4, 0.5) is 0 Å². The van der Waals surface area contributed by atoms with Crippen LogP contribution in [0.15, 0.2) is 30.5 Å². The number of aromatic nitrogens is 1. The molecule has 0 bridgehead atoms. The maximum Gasteiger partial charge on any atom is 0.0486 e. The van der Waals surface area contributed by atoms with Crippen molar-refractivity contribution in [2.24, 2.45) is 0 Å². The molecule has 0 atom stereocenters. The lowest BCUT2D eigenvalue weighted by molar-refractivity contribution is 0.283. The fourth-order valence-electron chi connectivity index (χ4n) is 2.61. The second-order valence-corrected chi connectivity index (χ2v) is 5.63. The Morgan fingerprint density at radius 2 is 1.90 bits per heavy atom. The van der Waals surface area contributed by atoms with Gasteiger partial charge in [-0.15, -0.1) is 12.4 Å². The molecule has 0 spiro atoms. The van der Waals surface area contributed by atoms with Gasteiger partial charge in [0.1, 0.15) is 0 Å². The van der Waals surface area contributed by atoms with Crippen LogP contribution in [-0.2, 0) is 6.54 Å². The molecule has 0 amide bonds. The van der Waals surface area contributed by atoms with Gasteiger partial charge >= 0.3 is 0 Å². The fraction of sp³-hybridized carbons (Fsp3) is 0.529. The minimum atomic E-state index is 0. The van der Waals surface area contributed by atoms with E-state index in [-0.39, 0.29) is 12.4 Å². The summed E-state index contributed by atoms with van der Waals surface area (Å²) in [5, 5.41) is 13.6. The standard InChI is InChI=1S/C17H26N2O.ClH/c1-14(2)19-13-15(12-18-10-6-3-7-11-20)16-8-4-5-9-17(16)19;/h4-5,8-9,13-14,18,20H,3,6-7,10-12H2,1-2H3;1H. The molecule has 0 fully saturated rings. The molecular formula is C17H27ClN2O. The topological polar surface area (TPSA) is 37.2 Å². The maximum atomic E-state index is 8.75. The lowest BCUT2D eigenvalue weighted by atomic mass is 10.1. The highest BCUT2D eigenvalue weighted by Crippen LogP contribution is 2.24. The van der Waals surface area contributed by atoms with E-state index in [1.807, 2.05) is 0 Å². The summed E-state index contributed by atoms with van der Waals surface area (Å²) in [6.07, 6.45) is 5.41. The highest BCUT2D eigenvalue weighted by Gasteiger charge is 2.09. The van der Waals surface area contributed by atoms with Crippen molar-refractivity contribution in [1.82, 2.24) is 9.88 Å². The quantitative estimate of drug-likeness (QED) is 0.726. The van der Waals surface area contributed by atoms with Crippen molar-refractivity contribution in [1.29, 1.82) is 0 Å². The summed E-state index contributed by atoms with van der Waals surface area (Å²) < 4.78 is 2.35. The van der Waals surface area contributed by atoms with Gasteiger partial charge in [0.15, 0.2) is 0 Å². The molecule has 1 aromatic heterocycles. The van der Waals surface area contributed by atoms with Crippen LogP contribution < -0.4 is 5.32 Å². The monoisotopic (exact) mass is 310 g/mol. The molecule has 0 unspecified atom stereocenters. The van der Waals surface area contributed by atoms with Crippen LogP contribution in [0.25, 0.3) is 10.9 Å². The van der Waals surface area contributed by atoms with Crippen LogP contribution in [0.5, 0.6) is 0 Å². The molecule has 0 saturated carbocycles. The number of benzene rings is 1. The smallest absolute Gasteiger partial charge is 0.0486 e. The van der Waals surface area contributed by atoms with Gasteiger partial charge in [0.25, 0.3) is 0 Å². The van der Waals surface area contributed by atoms with Gasteiger partial charge in [-0.3, -0.25) is 0 Å². The Morgan fingerprint density at radius 1 is 1.14 bits per heavy atom. The number of aliphatic hydroxyl groups is 1. The molecule has 0 aliphatic carbocycles. The molecule has 0 aliphatic rings. The van der Waals surface area contributed by atoms with Crippen molar-refractivity contribution < 1.29 is 5.11 Å². The Kier molecular flexibility index (Phi) is 7.79. The Bertz CT molecular complexity index is 537. The summed E-state index contributed by atoms with van der Waals surface area (Å²) in [6.45, 7) is 6.68. The van der Waals surface area contributed by atoms with Crippen molar-refractivity contribution >= 4 is 23.3 Å². The van der Waals surface area contributed by atoms with Crippen LogP contribution in [-0.4, -0.2) is 22.8 Å². The average molecular weight is 311 g/mol. The summed E-state index contributed by atoms with van der Waals surface area (Å²) >= 11 is 0. The van der Waals surface area contributed by atoms with Gasteiger partial charge in [-0.2, -0.15) is 0 Å². The Morgan fingerprint density at radius 3 is 2.62 bits per heavy atom. The second-order valence-electron chi connectivity index (χ2n) is 5.63. The molecule has 0 aliphatic heterocycles. The summed E-state index contributed by atoms with van der Waals surface area (Å²) in [5.74, 6) is 0. The zero-order valence-corrected chi connectivity index (χ0v) is 13.8. The van der Waals surface area contributed by atoms with Crippen LogP contribution in [0.1, 0.15) is 44.7 Å². The lowest BCUT2D eigenvalue weighted by Gasteiger charge is -2.08. The maximum absolute atomic E-state index is 8.75. The molecule has 0 radical (unpaired) electrons. The number of hydrogen-bond donors (Lipinski definition) is 2. The molecule has 2 rings (SSSR count). The first kappa shape index (κ1) is 18.0. The van der Waals surface area contributed by atoms with E-state index in [1.54, 1.807) is 0 Å². The largest absolute Gasteiger partial charge is 0.396 e. The normalized spacial score (nSPS) is 11.0. The molecule has 3 nitrogen and oxygen atoms in total. The van der Waals surface area contributed by atoms with Gasteiger partial charge < -0.3 is 15.0 Å². The molecule has 21 heavy (non-hydrogen) atoms. The summed E-state index contributed by atoms with van der Waals surface area (Å²) in [6, 6.07) is 9.10. The van der Waals surface area contributed by atoms with E-state index in [2.05, 4.69) is 54.2 Å². The van der Waals surface area contributed by atoms with E-state index in [4.69, 9.17) is 5.11 Å². The molecule has 0 saturated heterocycles. The van der Waals surface area contributed by atoms with Gasteiger partial charge in [0, 0.05) is 36.3 Å². The lowest BCUT2D eigenvalue weighted by Crippen LogP contribution is -2.14. The SMILES string of the molecule is CC(C)n1cc(CNCCCCCO)c2ccccc21.Cl. The second kappa shape index (κ2) is 9.08. The van der Waals surface area contributed by atoms with Crippen molar-refractivity contribution in [2.75, 3.05) is 13.2 Å². The van der Waals surface area contributed by atoms with Gasteiger partial charge in [0.05, 0.1) is 0 Å². The van der Waals surface area contributed by atoms with E-state index >= 15 is 0 Å². The molecule has 118 valence electrons. The highest BCUT2D eigenvalue weighted by atomic mass is 35.5. The van der Waals surface area contributed by atoms with E-state index in [0.29, 0.717) is 12.6 Å². The van der Waals surface area contributed by atoms with Gasteiger partial charge in [-0.05, 0) is 51.3 Å². The van der Waals surface area contributed by atoms with E-state index in [0.717, 1.165) is 32.4 Å². The fourth-order valence-corrected chi connectivity index (χ4v) is 2.61. The summed E-state index contributed by atoms with van der Waals surface area (Å²) in [7, 11) is 0. The first-order valence-electron chi connectivity index (χ1n) is 7.64. The number of unbranched alkanes of at least 4 members (excludes halogenated alkanes) is 2. The number of para-hydroxylation sites is 1. The summed E-state index contributed by atoms with van der Waals surface area (Å²) in [5.41, 5.74) is 2.69. The van der Waals surface area contributed by atoms with Crippen LogP contribution in [0.2, 0.25) is 0 Å². The molecule has 2 N–H and O–H groups in total. The number of nitrogens with zero attached hydrogens (tertiary/aromatic N) is 1. The Labute approximate surface area is 133 Å². The van der Waals surface area contributed by atoms with Crippen LogP contribution in [0.3, 0.4) is 0 Å². The van der Waals surface area contributed by atoms with Gasteiger partial charge in [-0.1, -0.05) is 18.2 Å². The van der Waals surface area contributed by atoms with Crippen molar-refractivity contribution in [3.05, 3.63) is 36.0 Å². The first-order valence-corrected chi connectivity index (χ1v) is 7.64. The third-order valence-electron chi connectivity index (χ3n) is 3.71. The number of rotatable bonds is 8. The van der Waals surface area contributed by atoms with Gasteiger partial charge in [0.2, 0.25) is 0 Å². The third kappa shape index (κ3) is 4.73. The van der Waals surface area contributed by atoms with E-state index < -0.39 is 0 Å². The summed E-state index contributed by atoms with van der Waals surface area (Å²) in [4.78, 5) is 0. The number of fused-ring (bicyclic) bond motifs is 1. The molecule has 1 heterocycles. The van der Waals surface area contributed by atoms with E-state index in [9.17, 15) is 0 Å². The molecule has 2 aromatic rings. The zero-order chi connectivity index (χ0) is 14.4. The van der Waals surface area contributed by atoms with Crippen molar-refractivity contribution in [3.63, 3.8) is 0 Å². The van der Waals surface area contributed by atoms with Crippen molar-refractivity contribution in [3.8, 4) is 0 Å². The number of nitrogens with one attached hydrogen (secondary N) is 1. The van der Waals surface area contributed by atoms with Crippen LogP contribution >= 0.6 is 12.4 Å². The number of halogens is 1. The van der Waals surface area contributed by atoms with E-state index in [1.165, 1.54) is 16.5 Å². The van der Waals surface area contributed by atoms with Crippen molar-refractivity contribution in [2.45, 2.75) is 45.7 Å². The van der Waals surface area contributed by atoms with Crippen LogP contribution in [0, 0.1) is 0 Å². The first-order chi connectivity index (χ1) is 9.74. The predicted molar refractivity (Wildman–Crippen MR) is 92.2 cm³/mol. The zero-order valence-electron chi connectivity index (χ0n) is 13.0. The molecule has 1 aromatic carbocycles. The molecular weight excluding hydrogens is 284 g/mol. The number of aliphatic hydroxyl groups excluding tert-OH is 1.